The van der Waals surface area contributed by atoms with E-state index >= 15 is 0 Å². The molecule has 1 aromatic carbocycles. The predicted molar refractivity (Wildman–Crippen MR) is 53.1 cm³/mol. The van der Waals surface area contributed by atoms with Crippen molar-refractivity contribution in [1.29, 1.82) is 0 Å². The minimum atomic E-state index is -0.665. The summed E-state index contributed by atoms with van der Waals surface area (Å²) in [4.78, 5) is 23.3. The Kier molecular flexibility index (Phi) is 1.99. The van der Waals surface area contributed by atoms with E-state index in [0.29, 0.717) is 5.56 Å². The summed E-state index contributed by atoms with van der Waals surface area (Å²) in [7, 11) is 0. The third-order valence-corrected chi connectivity index (χ3v) is 2.89. The monoisotopic (exact) mass is 188 g/mol. The summed E-state index contributed by atoms with van der Waals surface area (Å²) in [6, 6.07) is 9.05. The van der Waals surface area contributed by atoms with Crippen LogP contribution in [0.15, 0.2) is 30.3 Å². The van der Waals surface area contributed by atoms with Gasteiger partial charge in [0.2, 0.25) is 0 Å². The van der Waals surface area contributed by atoms with Crippen molar-refractivity contribution in [3.63, 3.8) is 0 Å². The van der Waals surface area contributed by atoms with Gasteiger partial charge in [0, 0.05) is 5.56 Å². The van der Waals surface area contributed by atoms with Gasteiger partial charge in [-0.2, -0.15) is 0 Å². The van der Waals surface area contributed by atoms with Crippen molar-refractivity contribution in [2.75, 3.05) is 0 Å². The van der Waals surface area contributed by atoms with Crippen molar-refractivity contribution < 1.29 is 9.59 Å². The van der Waals surface area contributed by atoms with Gasteiger partial charge in [0.25, 0.3) is 0 Å². The molecule has 1 aromatic rings. The van der Waals surface area contributed by atoms with Gasteiger partial charge in [-0.05, 0) is 19.8 Å². The number of hydrogen-bond acceptors (Lipinski definition) is 2. The van der Waals surface area contributed by atoms with Gasteiger partial charge in [-0.3, -0.25) is 9.59 Å². The van der Waals surface area contributed by atoms with Crippen LogP contribution >= 0.6 is 0 Å². The number of ketones is 2. The van der Waals surface area contributed by atoms with Crippen LogP contribution in [0.2, 0.25) is 0 Å². The molecule has 14 heavy (non-hydrogen) atoms. The van der Waals surface area contributed by atoms with E-state index < -0.39 is 5.41 Å². The summed E-state index contributed by atoms with van der Waals surface area (Å²) in [5, 5.41) is 0. The number of benzene rings is 1. The maximum absolute atomic E-state index is 11.9. The average molecular weight is 188 g/mol. The van der Waals surface area contributed by atoms with Gasteiger partial charge < -0.3 is 0 Å². The summed E-state index contributed by atoms with van der Waals surface area (Å²) in [6.07, 6.45) is 1.44. The largest absolute Gasteiger partial charge is 0.299 e. The molecule has 0 bridgehead atoms. The van der Waals surface area contributed by atoms with Crippen molar-refractivity contribution in [1.82, 2.24) is 0 Å². The number of carbonyl (C=O) groups excluding carboxylic acids is 2. The van der Waals surface area contributed by atoms with Crippen molar-refractivity contribution in [2.45, 2.75) is 19.8 Å². The molecular weight excluding hydrogens is 176 g/mol. The zero-order valence-corrected chi connectivity index (χ0v) is 8.12. The minimum absolute atomic E-state index is 0.00588. The highest BCUT2D eigenvalue weighted by atomic mass is 16.2. The van der Waals surface area contributed by atoms with Crippen molar-refractivity contribution in [3.05, 3.63) is 35.9 Å². The highest BCUT2D eigenvalue weighted by Crippen LogP contribution is 2.48. The molecule has 1 aliphatic rings. The van der Waals surface area contributed by atoms with Gasteiger partial charge in [0.05, 0.1) is 5.41 Å². The molecule has 1 fully saturated rings. The van der Waals surface area contributed by atoms with Gasteiger partial charge in [-0.25, -0.2) is 0 Å². The smallest absolute Gasteiger partial charge is 0.176 e. The van der Waals surface area contributed by atoms with Crippen LogP contribution < -0.4 is 0 Å². The van der Waals surface area contributed by atoms with Crippen LogP contribution in [0.3, 0.4) is 0 Å². The first-order valence-electron chi connectivity index (χ1n) is 4.78. The molecule has 2 rings (SSSR count). The molecule has 0 aliphatic heterocycles. The van der Waals surface area contributed by atoms with E-state index in [2.05, 4.69) is 0 Å². The van der Waals surface area contributed by atoms with Crippen LogP contribution in [0.1, 0.15) is 30.1 Å². The lowest BCUT2D eigenvalue weighted by Gasteiger charge is -2.09. The first-order chi connectivity index (χ1) is 6.67. The van der Waals surface area contributed by atoms with Gasteiger partial charge in [-0.15, -0.1) is 0 Å². The number of carbonyl (C=O) groups is 2. The van der Waals surface area contributed by atoms with E-state index in [4.69, 9.17) is 0 Å². The quantitative estimate of drug-likeness (QED) is 0.538. The fraction of sp³-hybridized carbons (Fsp3) is 0.333. The second-order valence-electron chi connectivity index (χ2n) is 3.83. The predicted octanol–water partition coefficient (Wildman–Crippen LogP) is 2.24. The first kappa shape index (κ1) is 9.13. The third-order valence-electron chi connectivity index (χ3n) is 2.89. The van der Waals surface area contributed by atoms with Crippen LogP contribution in [-0.4, -0.2) is 11.6 Å². The van der Waals surface area contributed by atoms with Gasteiger partial charge in [0.1, 0.15) is 5.78 Å². The Hall–Kier alpha value is -1.44. The van der Waals surface area contributed by atoms with E-state index in [0.717, 1.165) is 12.8 Å². The number of hydrogen-bond donors (Lipinski definition) is 0. The molecule has 2 nitrogen and oxygen atoms in total. The van der Waals surface area contributed by atoms with E-state index in [1.807, 2.05) is 18.2 Å². The van der Waals surface area contributed by atoms with Crippen LogP contribution in [0, 0.1) is 5.41 Å². The lowest BCUT2D eigenvalue weighted by atomic mass is 9.91. The van der Waals surface area contributed by atoms with Gasteiger partial charge >= 0.3 is 0 Å². The summed E-state index contributed by atoms with van der Waals surface area (Å²) in [5.74, 6) is -0.00282. The summed E-state index contributed by atoms with van der Waals surface area (Å²) < 4.78 is 0. The van der Waals surface area contributed by atoms with Crippen molar-refractivity contribution in [2.24, 2.45) is 5.41 Å². The number of Topliss-reactive ketones (excluding diaryl/α,β-unsaturated/α-hetero) is 2. The van der Waals surface area contributed by atoms with E-state index in [9.17, 15) is 9.59 Å². The van der Waals surface area contributed by atoms with Crippen molar-refractivity contribution >= 4 is 11.6 Å². The molecule has 1 aliphatic carbocycles. The molecule has 0 heterocycles. The molecule has 0 aromatic heterocycles. The SMILES string of the molecule is CC(=O)C1(C(=O)c2ccccc2)CC1. The molecule has 0 radical (unpaired) electrons. The Morgan fingerprint density at radius 1 is 1.14 bits per heavy atom. The fourth-order valence-corrected chi connectivity index (χ4v) is 1.73. The average Bonchev–Trinajstić information content (AvgIpc) is 2.99. The molecule has 72 valence electrons. The molecular formula is C12H12O2. The van der Waals surface area contributed by atoms with Gasteiger partial charge in [-0.1, -0.05) is 30.3 Å². The second-order valence-corrected chi connectivity index (χ2v) is 3.83. The highest BCUT2D eigenvalue weighted by molar-refractivity contribution is 6.16. The molecule has 0 spiro atoms. The lowest BCUT2D eigenvalue weighted by Crippen LogP contribution is -2.23. The summed E-state index contributed by atoms with van der Waals surface area (Å²) >= 11 is 0. The molecule has 1 saturated carbocycles. The second kappa shape index (κ2) is 3.05. The number of rotatable bonds is 3. The first-order valence-corrected chi connectivity index (χ1v) is 4.78. The topological polar surface area (TPSA) is 34.1 Å². The van der Waals surface area contributed by atoms with E-state index in [1.165, 1.54) is 6.92 Å². The molecule has 2 heteroatoms. The molecule has 0 atom stereocenters. The normalized spacial score (nSPS) is 17.5. The standard InChI is InChI=1S/C12H12O2/c1-9(13)12(7-8-12)11(14)10-5-3-2-4-6-10/h2-6H,7-8H2,1H3. The minimum Gasteiger partial charge on any atom is -0.299 e. The Bertz CT molecular complexity index is 375. The maximum atomic E-state index is 11.9. The van der Waals surface area contributed by atoms with Crippen LogP contribution in [-0.2, 0) is 4.79 Å². The van der Waals surface area contributed by atoms with Crippen LogP contribution in [0.5, 0.6) is 0 Å². The zero-order valence-electron chi connectivity index (χ0n) is 8.12. The van der Waals surface area contributed by atoms with Gasteiger partial charge in [0.15, 0.2) is 5.78 Å². The van der Waals surface area contributed by atoms with Crippen molar-refractivity contribution in [3.8, 4) is 0 Å². The van der Waals surface area contributed by atoms with E-state index in [-0.39, 0.29) is 11.6 Å². The molecule has 0 saturated heterocycles. The van der Waals surface area contributed by atoms with E-state index in [1.54, 1.807) is 12.1 Å². The summed E-state index contributed by atoms with van der Waals surface area (Å²) in [5.41, 5.74) is -0.0124. The van der Waals surface area contributed by atoms with Crippen LogP contribution in [0.4, 0.5) is 0 Å². The van der Waals surface area contributed by atoms with Crippen LogP contribution in [0.25, 0.3) is 0 Å². The molecule has 0 unspecified atom stereocenters. The Balaban J connectivity index is 2.30. The maximum Gasteiger partial charge on any atom is 0.176 e. The Labute approximate surface area is 82.9 Å². The Morgan fingerprint density at radius 3 is 2.14 bits per heavy atom. The lowest BCUT2D eigenvalue weighted by molar-refractivity contribution is -0.120. The summed E-state index contributed by atoms with van der Waals surface area (Å²) in [6.45, 7) is 1.51. The highest BCUT2D eigenvalue weighted by Gasteiger charge is 2.53. The molecule has 0 N–H and O–H groups in total. The Morgan fingerprint density at radius 2 is 1.71 bits per heavy atom. The molecule has 0 amide bonds. The third kappa shape index (κ3) is 1.27. The zero-order chi connectivity index (χ0) is 10.2. The fourth-order valence-electron chi connectivity index (χ4n) is 1.73.